The molecule has 0 saturated carbocycles. The van der Waals surface area contributed by atoms with Crippen LogP contribution in [0.2, 0.25) is 0 Å². The van der Waals surface area contributed by atoms with Crippen molar-refractivity contribution < 1.29 is 23.7 Å². The first kappa shape index (κ1) is 36.8. The summed E-state index contributed by atoms with van der Waals surface area (Å²) in [5, 5.41) is 16.9. The van der Waals surface area contributed by atoms with E-state index < -0.39 is 0 Å². The van der Waals surface area contributed by atoms with E-state index >= 15 is 0 Å². The summed E-state index contributed by atoms with van der Waals surface area (Å²) in [6.07, 6.45) is 17.1. The van der Waals surface area contributed by atoms with Gasteiger partial charge in [-0.05, 0) is 12.8 Å². The first-order valence-electron chi connectivity index (χ1n) is 15.9. The molecule has 226 valence electrons. The second-order valence-electron chi connectivity index (χ2n) is 12.8. The molecule has 0 unspecified atom stereocenters. The molecule has 0 aliphatic rings. The number of aliphatic hydroxyl groups is 1. The Morgan fingerprint density at radius 1 is 0.579 bits per heavy atom. The zero-order chi connectivity index (χ0) is 28.7. The van der Waals surface area contributed by atoms with Crippen molar-refractivity contribution in [2.75, 3.05) is 67.5 Å². The minimum atomic E-state index is -0.385. The molecular weight excluding hydrogens is 476 g/mol. The van der Waals surface area contributed by atoms with E-state index in [-0.39, 0.29) is 17.9 Å². The Bertz CT molecular complexity index is 546. The minimum absolute atomic E-state index is 0.170. The number of rotatable bonds is 26. The van der Waals surface area contributed by atoms with Crippen LogP contribution in [0, 0.1) is 0 Å². The number of aliphatic hydroxyl groups excluding tert-OH is 1. The van der Waals surface area contributed by atoms with Gasteiger partial charge in [-0.15, -0.1) is 0 Å². The van der Waals surface area contributed by atoms with Crippen molar-refractivity contribution in [1.29, 1.82) is 0 Å². The highest BCUT2D eigenvalue weighted by Crippen LogP contribution is 2.09. The molecule has 0 saturated heterocycles. The summed E-state index contributed by atoms with van der Waals surface area (Å²) in [6.45, 7) is 9.09. The van der Waals surface area contributed by atoms with Crippen molar-refractivity contribution in [2.24, 2.45) is 0 Å². The van der Waals surface area contributed by atoms with E-state index in [1.165, 1.54) is 51.4 Å². The number of likely N-dealkylation sites (N-methyl/N-ethyl adjacent to an activating group) is 2. The number of carbonyl (C=O) groups is 2. The molecule has 7 heteroatoms. The molecule has 3 N–H and O–H groups in total. The predicted molar refractivity (Wildman–Crippen MR) is 161 cm³/mol. The molecule has 2 amide bonds. The monoisotopic (exact) mass is 543 g/mol. The number of quaternary nitrogens is 2. The van der Waals surface area contributed by atoms with Gasteiger partial charge in [0.05, 0.1) is 41.3 Å². The van der Waals surface area contributed by atoms with Gasteiger partial charge in [-0.3, -0.25) is 9.59 Å². The van der Waals surface area contributed by atoms with Crippen LogP contribution in [0.4, 0.5) is 0 Å². The highest BCUT2D eigenvalue weighted by molar-refractivity contribution is 5.76. The summed E-state index contributed by atoms with van der Waals surface area (Å²) in [4.78, 5) is 24.1. The normalized spacial score (nSPS) is 12.2. The molecule has 0 aromatic carbocycles. The average molecular weight is 543 g/mol. The maximum atomic E-state index is 12.0. The second kappa shape index (κ2) is 22.6. The topological polar surface area (TPSA) is 78.4 Å². The van der Waals surface area contributed by atoms with Crippen LogP contribution in [-0.4, -0.2) is 99.5 Å². The molecule has 0 bridgehead atoms. The van der Waals surface area contributed by atoms with Crippen molar-refractivity contribution in [3.8, 4) is 0 Å². The Morgan fingerprint density at radius 2 is 0.921 bits per heavy atom. The summed E-state index contributed by atoms with van der Waals surface area (Å²) < 4.78 is 1.48. The maximum absolute atomic E-state index is 12.0. The van der Waals surface area contributed by atoms with E-state index in [1.54, 1.807) is 0 Å². The largest absolute Gasteiger partial charge is 0.382 e. The Morgan fingerprint density at radius 3 is 1.29 bits per heavy atom. The van der Waals surface area contributed by atoms with Crippen molar-refractivity contribution in [2.45, 2.75) is 123 Å². The number of nitrogens with zero attached hydrogens (tertiary/aromatic N) is 2. The summed E-state index contributed by atoms with van der Waals surface area (Å²) in [6, 6.07) is 0. The molecular formula is C31H66N4O3+2. The molecule has 0 aliphatic carbocycles. The molecule has 0 aromatic rings. The Kier molecular flexibility index (Phi) is 21.9. The summed E-state index contributed by atoms with van der Waals surface area (Å²) in [7, 11) is 8.61. The number of amides is 2. The van der Waals surface area contributed by atoms with Crippen LogP contribution in [0.25, 0.3) is 0 Å². The Labute approximate surface area is 236 Å². The average Bonchev–Trinajstić information content (AvgIpc) is 2.83. The molecule has 0 radical (unpaired) electrons. The maximum Gasteiger partial charge on any atom is 0.219 e. The predicted octanol–water partition coefficient (Wildman–Crippen LogP) is 5.01. The van der Waals surface area contributed by atoms with Crippen LogP contribution < -0.4 is 10.6 Å². The minimum Gasteiger partial charge on any atom is -0.382 e. The number of hydrogen-bond acceptors (Lipinski definition) is 3. The number of carbonyl (C=O) groups excluding carboxylic acids is 2. The van der Waals surface area contributed by atoms with E-state index in [0.717, 1.165) is 60.6 Å². The third-order valence-corrected chi connectivity index (χ3v) is 7.45. The Hall–Kier alpha value is -1.18. The van der Waals surface area contributed by atoms with E-state index in [2.05, 4.69) is 52.7 Å². The molecule has 0 rings (SSSR count). The quantitative estimate of drug-likeness (QED) is 0.106. The SMILES string of the molecule is CCCCCCCCC(=O)NCCC[N+](C)(C)CC(O)C[N+](C)(C)CCCNC(=O)CCCCCCCC. The third kappa shape index (κ3) is 23.9. The number of unbranched alkanes of at least 4 members (excludes halogenated alkanes) is 10. The Balaban J connectivity index is 3.96. The fourth-order valence-corrected chi connectivity index (χ4v) is 5.16. The molecule has 0 heterocycles. The molecule has 0 spiro atoms. The first-order valence-corrected chi connectivity index (χ1v) is 15.9. The van der Waals surface area contributed by atoms with Gasteiger partial charge in [-0.25, -0.2) is 0 Å². The lowest BCUT2D eigenvalue weighted by Gasteiger charge is -2.36. The van der Waals surface area contributed by atoms with E-state index in [1.807, 2.05) is 0 Å². The van der Waals surface area contributed by atoms with Gasteiger partial charge in [0, 0.05) is 38.8 Å². The van der Waals surface area contributed by atoms with Crippen LogP contribution in [0.5, 0.6) is 0 Å². The second-order valence-corrected chi connectivity index (χ2v) is 12.8. The van der Waals surface area contributed by atoms with Gasteiger partial charge in [0.1, 0.15) is 13.1 Å². The molecule has 38 heavy (non-hydrogen) atoms. The van der Waals surface area contributed by atoms with Gasteiger partial charge in [-0.2, -0.15) is 0 Å². The zero-order valence-electron chi connectivity index (χ0n) is 26.3. The smallest absolute Gasteiger partial charge is 0.219 e. The molecule has 0 atom stereocenters. The standard InChI is InChI=1S/C31H64N4O3/c1-7-9-11-13-15-17-21-30(37)32-23-19-25-34(3,4)27-29(36)28-35(5,6)26-20-24-33-31(38)22-18-16-14-12-10-8-2/h29,36H,7-28H2,1-6H3/p+2. The van der Waals surface area contributed by atoms with Gasteiger partial charge < -0.3 is 24.7 Å². The van der Waals surface area contributed by atoms with Crippen LogP contribution >= 0.6 is 0 Å². The summed E-state index contributed by atoms with van der Waals surface area (Å²) in [5.41, 5.74) is 0. The lowest BCUT2D eigenvalue weighted by atomic mass is 10.1. The van der Waals surface area contributed by atoms with Gasteiger partial charge in [0.15, 0.2) is 6.10 Å². The van der Waals surface area contributed by atoms with Crippen molar-refractivity contribution in [3.05, 3.63) is 0 Å². The van der Waals surface area contributed by atoms with Crippen molar-refractivity contribution in [1.82, 2.24) is 10.6 Å². The van der Waals surface area contributed by atoms with Crippen molar-refractivity contribution in [3.63, 3.8) is 0 Å². The van der Waals surface area contributed by atoms with E-state index in [4.69, 9.17) is 0 Å². The molecule has 0 aliphatic heterocycles. The van der Waals surface area contributed by atoms with Gasteiger partial charge in [0.25, 0.3) is 0 Å². The van der Waals surface area contributed by atoms with Crippen LogP contribution in [0.1, 0.15) is 117 Å². The van der Waals surface area contributed by atoms with Gasteiger partial charge >= 0.3 is 0 Å². The lowest BCUT2D eigenvalue weighted by Crippen LogP contribution is -2.53. The highest BCUT2D eigenvalue weighted by Gasteiger charge is 2.26. The highest BCUT2D eigenvalue weighted by atomic mass is 16.3. The van der Waals surface area contributed by atoms with Crippen LogP contribution in [0.3, 0.4) is 0 Å². The number of hydrogen-bond donors (Lipinski definition) is 3. The lowest BCUT2D eigenvalue weighted by molar-refractivity contribution is -0.914. The first-order chi connectivity index (χ1) is 18.0. The fraction of sp³-hybridized carbons (Fsp3) is 0.935. The third-order valence-electron chi connectivity index (χ3n) is 7.45. The van der Waals surface area contributed by atoms with Gasteiger partial charge in [0.2, 0.25) is 11.8 Å². The van der Waals surface area contributed by atoms with Crippen molar-refractivity contribution >= 4 is 11.8 Å². The number of nitrogens with one attached hydrogen (secondary N) is 2. The summed E-state index contributed by atoms with van der Waals surface area (Å²) in [5.74, 6) is 0.340. The molecule has 7 nitrogen and oxygen atoms in total. The van der Waals surface area contributed by atoms with E-state index in [0.29, 0.717) is 39.0 Å². The summed E-state index contributed by atoms with van der Waals surface area (Å²) >= 11 is 0. The van der Waals surface area contributed by atoms with Crippen LogP contribution in [-0.2, 0) is 9.59 Å². The zero-order valence-corrected chi connectivity index (χ0v) is 26.3. The fourth-order valence-electron chi connectivity index (χ4n) is 5.16. The van der Waals surface area contributed by atoms with Crippen LogP contribution in [0.15, 0.2) is 0 Å². The molecule has 0 aromatic heterocycles. The van der Waals surface area contributed by atoms with Gasteiger partial charge in [-0.1, -0.05) is 78.1 Å². The molecule has 0 fully saturated rings. The van der Waals surface area contributed by atoms with E-state index in [9.17, 15) is 14.7 Å².